The van der Waals surface area contributed by atoms with Gasteiger partial charge >= 0.3 is 0 Å². The van der Waals surface area contributed by atoms with Crippen molar-refractivity contribution in [2.24, 2.45) is 0 Å². The number of ether oxygens (including phenoxy) is 1. The lowest BCUT2D eigenvalue weighted by Crippen LogP contribution is -1.97. The van der Waals surface area contributed by atoms with Crippen LogP contribution in [0.1, 0.15) is 11.5 Å². The second-order valence-electron chi connectivity index (χ2n) is 4.92. The van der Waals surface area contributed by atoms with Crippen LogP contribution in [-0.4, -0.2) is 22.8 Å². The van der Waals surface area contributed by atoms with E-state index in [1.165, 1.54) is 0 Å². The van der Waals surface area contributed by atoms with Gasteiger partial charge in [0.25, 0.3) is 0 Å². The molecule has 0 amide bonds. The van der Waals surface area contributed by atoms with Crippen molar-refractivity contribution in [2.75, 3.05) is 12.9 Å². The molecule has 0 radical (unpaired) electrons. The second-order valence-corrected chi connectivity index (χ2v) is 7.06. The third-order valence-electron chi connectivity index (χ3n) is 3.33. The highest BCUT2D eigenvalue weighted by molar-refractivity contribution is 7.99. The average molecular weight is 358 g/mol. The number of thioether (sulfide) groups is 2. The number of hydrogen-bond acceptors (Lipinski definition) is 6. The van der Waals surface area contributed by atoms with Crippen molar-refractivity contribution >= 4 is 23.5 Å². The van der Waals surface area contributed by atoms with E-state index in [2.05, 4.69) is 9.97 Å². The molecule has 0 saturated carbocycles. The van der Waals surface area contributed by atoms with Crippen molar-refractivity contribution in [3.63, 3.8) is 0 Å². The molecule has 0 N–H and O–H groups in total. The highest BCUT2D eigenvalue weighted by Crippen LogP contribution is 2.34. The molecule has 4 nitrogen and oxygen atoms in total. The molecule has 0 fully saturated rings. The maximum atomic E-state index is 5.61. The van der Waals surface area contributed by atoms with E-state index in [1.807, 2.05) is 42.6 Å². The summed E-state index contributed by atoms with van der Waals surface area (Å²) in [6.45, 7) is 0. The number of methoxy groups -OCH3 is 1. The van der Waals surface area contributed by atoms with E-state index in [1.54, 1.807) is 43.1 Å². The summed E-state index contributed by atoms with van der Waals surface area (Å²) in [6.07, 6.45) is 6.24. The van der Waals surface area contributed by atoms with Gasteiger partial charge in [-0.3, -0.25) is 4.98 Å². The van der Waals surface area contributed by atoms with Gasteiger partial charge in [-0.2, -0.15) is 0 Å². The van der Waals surface area contributed by atoms with Crippen LogP contribution in [0.15, 0.2) is 69.4 Å². The van der Waals surface area contributed by atoms with Crippen LogP contribution in [-0.2, 0) is 12.2 Å². The van der Waals surface area contributed by atoms with Crippen molar-refractivity contribution < 1.29 is 9.15 Å². The predicted molar refractivity (Wildman–Crippen MR) is 97.7 cm³/mol. The summed E-state index contributed by atoms with van der Waals surface area (Å²) in [6, 6.07) is 11.8. The topological polar surface area (TPSA) is 48.2 Å². The third-order valence-corrected chi connectivity index (χ3v) is 5.32. The number of pyridine rings is 2. The Morgan fingerprint density at radius 2 is 2.00 bits per heavy atom. The fourth-order valence-electron chi connectivity index (χ4n) is 2.20. The first kappa shape index (κ1) is 16.9. The molecule has 124 valence electrons. The molecule has 0 atom stereocenters. The van der Waals surface area contributed by atoms with Gasteiger partial charge in [-0.15, -0.1) is 11.8 Å². The molecule has 24 heavy (non-hydrogen) atoms. The number of aryl methyl sites for hydroxylation is 1. The van der Waals surface area contributed by atoms with Crippen LogP contribution in [0, 0.1) is 0 Å². The zero-order valence-corrected chi connectivity index (χ0v) is 15.0. The van der Waals surface area contributed by atoms with E-state index >= 15 is 0 Å². The van der Waals surface area contributed by atoms with Crippen LogP contribution in [0.5, 0.6) is 5.75 Å². The van der Waals surface area contributed by atoms with E-state index in [-0.39, 0.29) is 0 Å². The van der Waals surface area contributed by atoms with E-state index in [0.29, 0.717) is 0 Å². The molecule has 0 aliphatic heterocycles. The minimum atomic E-state index is 0.729. The molecule has 0 aliphatic rings. The second kappa shape index (κ2) is 8.80. The van der Waals surface area contributed by atoms with Crippen molar-refractivity contribution in [1.82, 2.24) is 9.97 Å². The minimum absolute atomic E-state index is 0.729. The van der Waals surface area contributed by atoms with Gasteiger partial charge in [0.1, 0.15) is 5.76 Å². The van der Waals surface area contributed by atoms with Crippen LogP contribution in [0.2, 0.25) is 0 Å². The molecular weight excluding hydrogens is 340 g/mol. The molecule has 0 spiro atoms. The van der Waals surface area contributed by atoms with Crippen molar-refractivity contribution in [3.8, 4) is 5.75 Å². The Morgan fingerprint density at radius 1 is 1.04 bits per heavy atom. The minimum Gasteiger partial charge on any atom is -0.494 e. The van der Waals surface area contributed by atoms with Gasteiger partial charge in [0.15, 0.2) is 5.75 Å². The van der Waals surface area contributed by atoms with E-state index < -0.39 is 0 Å². The fraction of sp³-hybridized carbons (Fsp3) is 0.222. The Balaban J connectivity index is 1.64. The first-order chi connectivity index (χ1) is 11.9. The van der Waals surface area contributed by atoms with Crippen LogP contribution in [0.25, 0.3) is 0 Å². The lowest BCUT2D eigenvalue weighted by Gasteiger charge is -2.12. The Kier molecular flexibility index (Phi) is 6.20. The van der Waals surface area contributed by atoms with Crippen molar-refractivity contribution in [1.29, 1.82) is 0 Å². The SMILES string of the molecule is COc1c(SCCc2ccco2)ccnc1CSc1ccccn1. The molecule has 0 unspecified atom stereocenters. The number of hydrogen-bond donors (Lipinski definition) is 0. The Hall–Kier alpha value is -1.92. The molecule has 3 heterocycles. The third kappa shape index (κ3) is 4.55. The van der Waals surface area contributed by atoms with E-state index in [9.17, 15) is 0 Å². The largest absolute Gasteiger partial charge is 0.494 e. The molecule has 0 aliphatic carbocycles. The maximum absolute atomic E-state index is 5.61. The van der Waals surface area contributed by atoms with Gasteiger partial charge in [-0.25, -0.2) is 4.98 Å². The molecule has 0 aromatic carbocycles. The van der Waals surface area contributed by atoms with Gasteiger partial charge in [0.2, 0.25) is 0 Å². The first-order valence-electron chi connectivity index (χ1n) is 7.57. The highest BCUT2D eigenvalue weighted by atomic mass is 32.2. The summed E-state index contributed by atoms with van der Waals surface area (Å²) in [4.78, 5) is 9.91. The molecule has 3 aromatic rings. The summed E-state index contributed by atoms with van der Waals surface area (Å²) in [5.74, 6) is 3.51. The Labute approximate surface area is 150 Å². The zero-order valence-electron chi connectivity index (χ0n) is 13.3. The van der Waals surface area contributed by atoms with Gasteiger partial charge in [0.05, 0.1) is 29.0 Å². The number of aromatic nitrogens is 2. The van der Waals surface area contributed by atoms with Crippen molar-refractivity contribution in [3.05, 3.63) is 66.5 Å². The number of rotatable bonds is 8. The molecule has 0 saturated heterocycles. The normalized spacial score (nSPS) is 10.7. The standard InChI is InChI=1S/C18H18N2O2S2/c1-21-18-15(13-24-17-6-2-3-9-20-17)19-10-7-16(18)23-12-8-14-5-4-11-22-14/h2-7,9-11H,8,12-13H2,1H3. The smallest absolute Gasteiger partial charge is 0.154 e. The monoisotopic (exact) mass is 358 g/mol. The van der Waals surface area contributed by atoms with Crippen LogP contribution in [0.4, 0.5) is 0 Å². The number of nitrogens with zero attached hydrogens (tertiary/aromatic N) is 2. The van der Waals surface area contributed by atoms with Crippen LogP contribution in [0.3, 0.4) is 0 Å². The van der Waals surface area contributed by atoms with Gasteiger partial charge < -0.3 is 9.15 Å². The first-order valence-corrected chi connectivity index (χ1v) is 9.55. The highest BCUT2D eigenvalue weighted by Gasteiger charge is 2.12. The quantitative estimate of drug-likeness (QED) is 0.544. The van der Waals surface area contributed by atoms with E-state index in [4.69, 9.17) is 9.15 Å². The number of furan rings is 1. The van der Waals surface area contributed by atoms with Gasteiger partial charge in [-0.1, -0.05) is 17.8 Å². The molecule has 6 heteroatoms. The van der Waals surface area contributed by atoms with Crippen LogP contribution < -0.4 is 4.74 Å². The lowest BCUT2D eigenvalue weighted by molar-refractivity contribution is 0.398. The summed E-state index contributed by atoms with van der Waals surface area (Å²) in [7, 11) is 1.70. The summed E-state index contributed by atoms with van der Waals surface area (Å²) < 4.78 is 11.0. The zero-order chi connectivity index (χ0) is 16.6. The molecule has 3 aromatic heterocycles. The Morgan fingerprint density at radius 3 is 2.75 bits per heavy atom. The van der Waals surface area contributed by atoms with Gasteiger partial charge in [0, 0.05) is 30.3 Å². The van der Waals surface area contributed by atoms with Crippen LogP contribution >= 0.6 is 23.5 Å². The van der Waals surface area contributed by atoms with E-state index in [0.717, 1.165) is 45.1 Å². The summed E-state index contributed by atoms with van der Waals surface area (Å²) >= 11 is 3.41. The summed E-state index contributed by atoms with van der Waals surface area (Å²) in [5, 5.41) is 0.984. The Bertz CT molecular complexity index is 749. The predicted octanol–water partition coefficient (Wildman–Crippen LogP) is 4.71. The van der Waals surface area contributed by atoms with Gasteiger partial charge in [-0.05, 0) is 30.3 Å². The summed E-state index contributed by atoms with van der Waals surface area (Å²) in [5.41, 5.74) is 0.941. The fourth-order valence-corrected chi connectivity index (χ4v) is 4.01. The lowest BCUT2D eigenvalue weighted by atomic mass is 10.3. The molecular formula is C18H18N2O2S2. The average Bonchev–Trinajstić information content (AvgIpc) is 3.14. The molecule has 0 bridgehead atoms. The maximum Gasteiger partial charge on any atom is 0.154 e. The van der Waals surface area contributed by atoms with Crippen molar-refractivity contribution in [2.45, 2.75) is 22.1 Å². The molecule has 3 rings (SSSR count).